The second kappa shape index (κ2) is 6.39. The second-order valence-corrected chi connectivity index (χ2v) is 3.23. The molecule has 1 aromatic rings. The Balaban J connectivity index is 2.80. The van der Waals surface area contributed by atoms with Crippen molar-refractivity contribution in [1.29, 1.82) is 0 Å². The molecular formula is C12H12FNO4. The molecule has 0 bridgehead atoms. The Kier molecular flexibility index (Phi) is 4.86. The van der Waals surface area contributed by atoms with Crippen LogP contribution >= 0.6 is 0 Å². The lowest BCUT2D eigenvalue weighted by atomic mass is 10.3. The number of hydrogen-bond donors (Lipinski definition) is 2. The summed E-state index contributed by atoms with van der Waals surface area (Å²) in [6.45, 7) is 1.66. The lowest BCUT2D eigenvalue weighted by Gasteiger charge is -2.04. The fraction of sp³-hybridized carbons (Fsp3) is 0.167. The molecular weight excluding hydrogens is 241 g/mol. The number of carbonyl (C=O) groups excluding carboxylic acids is 1. The highest BCUT2D eigenvalue weighted by atomic mass is 19.1. The van der Waals surface area contributed by atoms with E-state index in [1.165, 1.54) is 24.3 Å². The molecule has 18 heavy (non-hydrogen) atoms. The van der Waals surface area contributed by atoms with Crippen molar-refractivity contribution < 1.29 is 23.8 Å². The van der Waals surface area contributed by atoms with Crippen molar-refractivity contribution in [2.24, 2.45) is 0 Å². The number of anilines is 1. The number of esters is 1. The monoisotopic (exact) mass is 253 g/mol. The van der Waals surface area contributed by atoms with Crippen molar-refractivity contribution in [1.82, 2.24) is 0 Å². The van der Waals surface area contributed by atoms with E-state index < -0.39 is 23.3 Å². The van der Waals surface area contributed by atoms with Crippen molar-refractivity contribution >= 4 is 17.6 Å². The number of hydrogen-bond acceptors (Lipinski definition) is 4. The van der Waals surface area contributed by atoms with Crippen molar-refractivity contribution in [3.05, 3.63) is 41.9 Å². The Morgan fingerprint density at radius 3 is 2.50 bits per heavy atom. The summed E-state index contributed by atoms with van der Waals surface area (Å²) < 4.78 is 17.2. The molecule has 0 aliphatic carbocycles. The molecule has 2 N–H and O–H groups in total. The van der Waals surface area contributed by atoms with Gasteiger partial charge < -0.3 is 15.2 Å². The largest absolute Gasteiger partial charge is 0.477 e. The summed E-state index contributed by atoms with van der Waals surface area (Å²) in [7, 11) is 0. The van der Waals surface area contributed by atoms with Gasteiger partial charge in [0.2, 0.25) is 0 Å². The number of nitrogens with one attached hydrogen (secondary N) is 1. The minimum absolute atomic E-state index is 0.0833. The molecule has 0 radical (unpaired) electrons. The lowest BCUT2D eigenvalue weighted by molar-refractivity contribution is -0.143. The molecule has 0 aliphatic rings. The highest BCUT2D eigenvalue weighted by Gasteiger charge is 2.18. The molecule has 0 atom stereocenters. The van der Waals surface area contributed by atoms with Gasteiger partial charge in [-0.05, 0) is 31.2 Å². The molecule has 0 aliphatic heterocycles. The van der Waals surface area contributed by atoms with Crippen LogP contribution in [0.3, 0.4) is 0 Å². The SMILES string of the molecule is CCOC(=O)/C(=C\Nc1ccc(F)cc1)C(=O)O. The minimum Gasteiger partial charge on any atom is -0.477 e. The summed E-state index contributed by atoms with van der Waals surface area (Å²) in [4.78, 5) is 22.1. The van der Waals surface area contributed by atoms with Gasteiger partial charge in [-0.1, -0.05) is 0 Å². The third kappa shape index (κ3) is 3.89. The molecule has 0 unspecified atom stereocenters. The Labute approximate surface area is 103 Å². The van der Waals surface area contributed by atoms with E-state index >= 15 is 0 Å². The first-order valence-electron chi connectivity index (χ1n) is 5.17. The van der Waals surface area contributed by atoms with Crippen molar-refractivity contribution in [3.8, 4) is 0 Å². The minimum atomic E-state index is -1.40. The van der Waals surface area contributed by atoms with Crippen LogP contribution in [-0.4, -0.2) is 23.7 Å². The normalized spacial score (nSPS) is 10.9. The standard InChI is InChI=1S/C12H12FNO4/c1-2-18-12(17)10(11(15)16)7-14-9-5-3-8(13)4-6-9/h3-7,14H,2H2,1H3,(H,15,16)/b10-7-. The van der Waals surface area contributed by atoms with Gasteiger partial charge in [0.25, 0.3) is 0 Å². The predicted octanol–water partition coefficient (Wildman–Crippen LogP) is 1.77. The fourth-order valence-electron chi connectivity index (χ4n) is 1.12. The molecule has 0 spiro atoms. The van der Waals surface area contributed by atoms with Gasteiger partial charge in [-0.25, -0.2) is 14.0 Å². The number of benzene rings is 1. The number of ether oxygens (including phenoxy) is 1. The molecule has 5 nitrogen and oxygen atoms in total. The molecule has 0 amide bonds. The first kappa shape index (κ1) is 13.7. The Morgan fingerprint density at radius 1 is 1.39 bits per heavy atom. The number of halogens is 1. The van der Waals surface area contributed by atoms with E-state index in [9.17, 15) is 14.0 Å². The second-order valence-electron chi connectivity index (χ2n) is 3.23. The van der Waals surface area contributed by atoms with E-state index in [-0.39, 0.29) is 6.61 Å². The molecule has 96 valence electrons. The summed E-state index contributed by atoms with van der Waals surface area (Å²) >= 11 is 0. The maximum atomic E-state index is 12.6. The van der Waals surface area contributed by atoms with Crippen molar-refractivity contribution in [2.75, 3.05) is 11.9 Å². The highest BCUT2D eigenvalue weighted by molar-refractivity contribution is 6.13. The van der Waals surface area contributed by atoms with Crippen LogP contribution in [0, 0.1) is 5.82 Å². The van der Waals surface area contributed by atoms with Gasteiger partial charge in [-0.15, -0.1) is 0 Å². The van der Waals surface area contributed by atoms with Gasteiger partial charge in [0.05, 0.1) is 6.61 Å². The Morgan fingerprint density at radius 2 is 2.00 bits per heavy atom. The summed E-state index contributed by atoms with van der Waals surface area (Å²) in [5, 5.41) is 11.4. The first-order valence-corrected chi connectivity index (χ1v) is 5.17. The highest BCUT2D eigenvalue weighted by Crippen LogP contribution is 2.09. The maximum Gasteiger partial charge on any atom is 0.347 e. The third-order valence-corrected chi connectivity index (χ3v) is 1.95. The van der Waals surface area contributed by atoms with E-state index in [1.54, 1.807) is 6.92 Å². The van der Waals surface area contributed by atoms with E-state index in [2.05, 4.69) is 10.1 Å². The molecule has 1 aromatic carbocycles. The quantitative estimate of drug-likeness (QED) is 0.362. The van der Waals surface area contributed by atoms with Gasteiger partial charge in [-0.3, -0.25) is 0 Å². The van der Waals surface area contributed by atoms with Crippen LogP contribution in [0.15, 0.2) is 36.0 Å². The summed E-state index contributed by atoms with van der Waals surface area (Å²) in [6, 6.07) is 5.24. The molecule has 0 heterocycles. The Bertz CT molecular complexity index is 467. The van der Waals surface area contributed by atoms with E-state index in [0.29, 0.717) is 5.69 Å². The average Bonchev–Trinajstić information content (AvgIpc) is 2.31. The number of carboxylic acids is 1. The number of carboxylic acid groups (broad SMARTS) is 1. The number of aliphatic carboxylic acids is 1. The van der Waals surface area contributed by atoms with Crippen LogP contribution in [0.2, 0.25) is 0 Å². The van der Waals surface area contributed by atoms with Crippen LogP contribution < -0.4 is 5.32 Å². The predicted molar refractivity (Wildman–Crippen MR) is 62.4 cm³/mol. The fourth-order valence-corrected chi connectivity index (χ4v) is 1.12. The summed E-state index contributed by atoms with van der Waals surface area (Å²) in [6.07, 6.45) is 1.01. The van der Waals surface area contributed by atoms with Crippen LogP contribution in [0.5, 0.6) is 0 Å². The molecule has 0 fully saturated rings. The van der Waals surface area contributed by atoms with Gasteiger partial charge in [0.1, 0.15) is 5.82 Å². The Hall–Kier alpha value is -2.37. The lowest BCUT2D eigenvalue weighted by Crippen LogP contribution is -2.16. The molecule has 0 saturated carbocycles. The summed E-state index contributed by atoms with van der Waals surface area (Å²) in [5.41, 5.74) is -0.0689. The third-order valence-electron chi connectivity index (χ3n) is 1.95. The zero-order valence-electron chi connectivity index (χ0n) is 9.64. The van der Waals surface area contributed by atoms with Crippen LogP contribution in [0.4, 0.5) is 10.1 Å². The van der Waals surface area contributed by atoms with Gasteiger partial charge in [0, 0.05) is 11.9 Å². The van der Waals surface area contributed by atoms with Crippen LogP contribution in [0.1, 0.15) is 6.92 Å². The van der Waals surface area contributed by atoms with E-state index in [0.717, 1.165) is 6.20 Å². The summed E-state index contributed by atoms with van der Waals surface area (Å²) in [5.74, 6) is -2.74. The molecule has 0 aromatic heterocycles. The van der Waals surface area contributed by atoms with Gasteiger partial charge in [0.15, 0.2) is 5.57 Å². The van der Waals surface area contributed by atoms with Crippen molar-refractivity contribution in [2.45, 2.75) is 6.92 Å². The average molecular weight is 253 g/mol. The molecule has 0 saturated heterocycles. The van der Waals surface area contributed by atoms with Crippen molar-refractivity contribution in [3.63, 3.8) is 0 Å². The topological polar surface area (TPSA) is 75.6 Å². The van der Waals surface area contributed by atoms with E-state index in [4.69, 9.17) is 5.11 Å². The molecule has 6 heteroatoms. The number of rotatable bonds is 5. The van der Waals surface area contributed by atoms with Crippen LogP contribution in [-0.2, 0) is 14.3 Å². The van der Waals surface area contributed by atoms with Gasteiger partial charge in [-0.2, -0.15) is 0 Å². The zero-order valence-corrected chi connectivity index (χ0v) is 9.64. The maximum absolute atomic E-state index is 12.6. The first-order chi connectivity index (χ1) is 8.54. The van der Waals surface area contributed by atoms with Gasteiger partial charge >= 0.3 is 11.9 Å². The van der Waals surface area contributed by atoms with E-state index in [1.807, 2.05) is 0 Å². The molecule has 1 rings (SSSR count). The smallest absolute Gasteiger partial charge is 0.347 e. The zero-order chi connectivity index (χ0) is 13.5. The van der Waals surface area contributed by atoms with Crippen LogP contribution in [0.25, 0.3) is 0 Å². The number of carbonyl (C=O) groups is 2.